The molecule has 0 saturated carbocycles. The number of rotatable bonds is 7. The van der Waals surface area contributed by atoms with E-state index in [1.807, 2.05) is 0 Å². The number of aliphatic hydroxyl groups excluding tert-OH is 1. The first kappa shape index (κ1) is 18.2. The zero-order chi connectivity index (χ0) is 16.5. The van der Waals surface area contributed by atoms with Crippen LogP contribution in [0.1, 0.15) is 44.0 Å². The van der Waals surface area contributed by atoms with Gasteiger partial charge < -0.3 is 20.6 Å². The summed E-state index contributed by atoms with van der Waals surface area (Å²) in [5.41, 5.74) is 0. The summed E-state index contributed by atoms with van der Waals surface area (Å²) in [4.78, 5) is 8.43. The summed E-state index contributed by atoms with van der Waals surface area (Å²) in [5, 5.41) is 18.4. The average Bonchev–Trinajstić information content (AvgIpc) is 3.08. The second-order valence-electron chi connectivity index (χ2n) is 6.07. The minimum atomic E-state index is -0.0902. The van der Waals surface area contributed by atoms with Gasteiger partial charge in [0.25, 0.3) is 0 Å². The maximum Gasteiger partial charge on any atom is 0.191 e. The van der Waals surface area contributed by atoms with Gasteiger partial charge in [-0.15, -0.1) is 11.3 Å². The third-order valence-corrected chi connectivity index (χ3v) is 5.18. The molecular formula is C17H30N4OS. The number of aliphatic hydroxyl groups is 1. The highest BCUT2D eigenvalue weighted by Gasteiger charge is 2.16. The molecule has 1 unspecified atom stereocenters. The summed E-state index contributed by atoms with van der Waals surface area (Å²) in [6.07, 6.45) is 2.78. The summed E-state index contributed by atoms with van der Waals surface area (Å²) in [6, 6.07) is 4.51. The molecule has 0 aliphatic carbocycles. The van der Waals surface area contributed by atoms with E-state index >= 15 is 0 Å². The molecule has 1 atom stereocenters. The molecule has 2 heterocycles. The smallest absolute Gasteiger partial charge is 0.191 e. The third kappa shape index (κ3) is 6.49. The highest BCUT2D eigenvalue weighted by atomic mass is 32.1. The molecular weight excluding hydrogens is 308 g/mol. The lowest BCUT2D eigenvalue weighted by molar-refractivity contribution is 0.0824. The van der Waals surface area contributed by atoms with E-state index < -0.39 is 0 Å². The molecule has 23 heavy (non-hydrogen) atoms. The Kier molecular flexibility index (Phi) is 7.85. The van der Waals surface area contributed by atoms with Gasteiger partial charge in [0, 0.05) is 31.1 Å². The standard InChI is InChI=1S/C17H30N4OS/c1-3-18-17(20-14(2)16-6-4-13-23-16)19-9-5-10-21-11-7-15(22)8-12-21/h4,6,13-15,22H,3,5,7-12H2,1-2H3,(H2,18,19,20). The maximum absolute atomic E-state index is 9.53. The van der Waals surface area contributed by atoms with Crippen molar-refractivity contribution in [3.05, 3.63) is 22.4 Å². The van der Waals surface area contributed by atoms with Crippen molar-refractivity contribution in [1.82, 2.24) is 15.5 Å². The van der Waals surface area contributed by atoms with Gasteiger partial charge in [0.1, 0.15) is 0 Å². The van der Waals surface area contributed by atoms with Crippen molar-refractivity contribution in [3.8, 4) is 0 Å². The van der Waals surface area contributed by atoms with Crippen LogP contribution < -0.4 is 10.6 Å². The van der Waals surface area contributed by atoms with E-state index in [1.54, 1.807) is 11.3 Å². The van der Waals surface area contributed by atoms with E-state index in [-0.39, 0.29) is 12.1 Å². The first-order valence-electron chi connectivity index (χ1n) is 8.67. The number of likely N-dealkylation sites (tertiary alicyclic amines) is 1. The monoisotopic (exact) mass is 338 g/mol. The summed E-state index contributed by atoms with van der Waals surface area (Å²) < 4.78 is 0. The highest BCUT2D eigenvalue weighted by Crippen LogP contribution is 2.17. The minimum absolute atomic E-state index is 0.0902. The maximum atomic E-state index is 9.53. The van der Waals surface area contributed by atoms with Crippen LogP contribution in [0.5, 0.6) is 0 Å². The van der Waals surface area contributed by atoms with Crippen LogP contribution in [-0.2, 0) is 0 Å². The summed E-state index contributed by atoms with van der Waals surface area (Å²) >= 11 is 1.77. The van der Waals surface area contributed by atoms with Crippen molar-refractivity contribution in [1.29, 1.82) is 0 Å². The van der Waals surface area contributed by atoms with Gasteiger partial charge in [0.05, 0.1) is 12.1 Å². The molecule has 6 heteroatoms. The molecule has 1 fully saturated rings. The predicted molar refractivity (Wildman–Crippen MR) is 98.1 cm³/mol. The molecule has 3 N–H and O–H groups in total. The number of aliphatic imine (C=N–C) groups is 1. The quantitative estimate of drug-likeness (QED) is 0.405. The Morgan fingerprint density at radius 2 is 2.26 bits per heavy atom. The lowest BCUT2D eigenvalue weighted by Crippen LogP contribution is -2.39. The Morgan fingerprint density at radius 1 is 1.48 bits per heavy atom. The minimum Gasteiger partial charge on any atom is -0.393 e. The van der Waals surface area contributed by atoms with Crippen LogP contribution in [-0.4, -0.2) is 54.8 Å². The Bertz CT molecular complexity index is 455. The normalized spacial score (nSPS) is 18.8. The molecule has 1 aliphatic rings. The molecule has 0 bridgehead atoms. The van der Waals surface area contributed by atoms with Crippen molar-refractivity contribution in [2.24, 2.45) is 4.99 Å². The van der Waals surface area contributed by atoms with Crippen molar-refractivity contribution in [2.75, 3.05) is 32.7 Å². The number of hydrogen-bond donors (Lipinski definition) is 3. The van der Waals surface area contributed by atoms with Crippen LogP contribution in [0.4, 0.5) is 0 Å². The summed E-state index contributed by atoms with van der Waals surface area (Å²) in [5.74, 6) is 0.891. The van der Waals surface area contributed by atoms with Gasteiger partial charge in [0.2, 0.25) is 0 Å². The summed E-state index contributed by atoms with van der Waals surface area (Å²) in [7, 11) is 0. The first-order chi connectivity index (χ1) is 11.2. The van der Waals surface area contributed by atoms with E-state index in [0.29, 0.717) is 0 Å². The first-order valence-corrected chi connectivity index (χ1v) is 9.55. The van der Waals surface area contributed by atoms with Gasteiger partial charge in [-0.05, 0) is 51.1 Å². The zero-order valence-electron chi connectivity index (χ0n) is 14.3. The van der Waals surface area contributed by atoms with Crippen molar-refractivity contribution < 1.29 is 5.11 Å². The Morgan fingerprint density at radius 3 is 2.91 bits per heavy atom. The predicted octanol–water partition coefficient (Wildman–Crippen LogP) is 2.21. The van der Waals surface area contributed by atoms with E-state index in [4.69, 9.17) is 0 Å². The Balaban J connectivity index is 1.72. The van der Waals surface area contributed by atoms with Crippen LogP contribution >= 0.6 is 11.3 Å². The second-order valence-corrected chi connectivity index (χ2v) is 7.05. The van der Waals surface area contributed by atoms with Crippen molar-refractivity contribution in [3.63, 3.8) is 0 Å². The molecule has 5 nitrogen and oxygen atoms in total. The van der Waals surface area contributed by atoms with Gasteiger partial charge in [0.15, 0.2) is 5.96 Å². The van der Waals surface area contributed by atoms with Crippen LogP contribution in [0.3, 0.4) is 0 Å². The largest absolute Gasteiger partial charge is 0.393 e. The lowest BCUT2D eigenvalue weighted by Gasteiger charge is -2.29. The molecule has 1 aliphatic heterocycles. The van der Waals surface area contributed by atoms with E-state index in [9.17, 15) is 5.11 Å². The van der Waals surface area contributed by atoms with E-state index in [1.165, 1.54) is 4.88 Å². The fraction of sp³-hybridized carbons (Fsp3) is 0.706. The molecule has 0 spiro atoms. The van der Waals surface area contributed by atoms with Crippen LogP contribution in [0.25, 0.3) is 0 Å². The molecule has 1 aromatic heterocycles. The molecule has 0 radical (unpaired) electrons. The van der Waals surface area contributed by atoms with Gasteiger partial charge in [-0.3, -0.25) is 4.99 Å². The average molecular weight is 339 g/mol. The Hall–Kier alpha value is -1.11. The zero-order valence-corrected chi connectivity index (χ0v) is 15.1. The highest BCUT2D eigenvalue weighted by molar-refractivity contribution is 7.10. The number of guanidine groups is 1. The van der Waals surface area contributed by atoms with Gasteiger partial charge in [-0.1, -0.05) is 6.07 Å². The van der Waals surface area contributed by atoms with E-state index in [0.717, 1.165) is 57.9 Å². The SMILES string of the molecule is CCNC(=NCCCN1CCC(O)CC1)NC(C)c1cccs1. The van der Waals surface area contributed by atoms with Crippen molar-refractivity contribution >= 4 is 17.3 Å². The molecule has 1 saturated heterocycles. The molecule has 130 valence electrons. The van der Waals surface area contributed by atoms with Crippen molar-refractivity contribution in [2.45, 2.75) is 45.3 Å². The van der Waals surface area contributed by atoms with Gasteiger partial charge in [-0.25, -0.2) is 0 Å². The number of thiophene rings is 1. The molecule has 0 amide bonds. The summed E-state index contributed by atoms with van der Waals surface area (Å²) in [6.45, 7) is 9.04. The molecule has 2 rings (SSSR count). The topological polar surface area (TPSA) is 59.9 Å². The molecule has 0 aromatic carbocycles. The van der Waals surface area contributed by atoms with E-state index in [2.05, 4.69) is 51.9 Å². The fourth-order valence-electron chi connectivity index (χ4n) is 2.76. The number of hydrogen-bond acceptors (Lipinski definition) is 4. The fourth-order valence-corrected chi connectivity index (χ4v) is 3.50. The molecule has 1 aromatic rings. The lowest BCUT2D eigenvalue weighted by atomic mass is 10.1. The van der Waals surface area contributed by atoms with Gasteiger partial charge >= 0.3 is 0 Å². The Labute approximate surface area is 143 Å². The third-order valence-electron chi connectivity index (χ3n) is 4.13. The van der Waals surface area contributed by atoms with Crippen LogP contribution in [0.15, 0.2) is 22.5 Å². The number of piperidine rings is 1. The van der Waals surface area contributed by atoms with Crippen LogP contribution in [0, 0.1) is 0 Å². The van der Waals surface area contributed by atoms with Gasteiger partial charge in [-0.2, -0.15) is 0 Å². The van der Waals surface area contributed by atoms with Crippen LogP contribution in [0.2, 0.25) is 0 Å². The second kappa shape index (κ2) is 9.90. The number of nitrogens with zero attached hydrogens (tertiary/aromatic N) is 2. The number of nitrogens with one attached hydrogen (secondary N) is 2.